The minimum absolute atomic E-state index is 0.0691. The smallest absolute Gasteiger partial charge is 0.246 e. The molecule has 0 saturated carbocycles. The molecule has 0 aliphatic carbocycles. The number of carbonyl (C=O) groups excluding carboxylic acids is 1. The zero-order valence-electron chi connectivity index (χ0n) is 7.16. The third kappa shape index (κ3) is 2.06. The van der Waals surface area contributed by atoms with E-state index in [2.05, 4.69) is 6.58 Å². The van der Waals surface area contributed by atoms with E-state index in [-0.39, 0.29) is 12.2 Å². The number of ether oxygens (including phenoxy) is 2. The zero-order valence-corrected chi connectivity index (χ0v) is 7.16. The minimum Gasteiger partial charge on any atom is -0.354 e. The molecule has 1 rings (SSSR count). The summed E-state index contributed by atoms with van der Waals surface area (Å²) < 4.78 is 10.2. The van der Waals surface area contributed by atoms with Gasteiger partial charge in [0.15, 0.2) is 6.29 Å². The lowest BCUT2D eigenvalue weighted by molar-refractivity contribution is -0.172. The van der Waals surface area contributed by atoms with Crippen molar-refractivity contribution >= 4 is 5.91 Å². The van der Waals surface area contributed by atoms with Crippen LogP contribution in [0.2, 0.25) is 0 Å². The van der Waals surface area contributed by atoms with Crippen LogP contribution < -0.4 is 0 Å². The van der Waals surface area contributed by atoms with Gasteiger partial charge in [-0.3, -0.25) is 4.79 Å². The van der Waals surface area contributed by atoms with Gasteiger partial charge in [-0.2, -0.15) is 0 Å². The van der Waals surface area contributed by atoms with Gasteiger partial charge in [-0.15, -0.1) is 0 Å². The summed E-state index contributed by atoms with van der Waals surface area (Å²) in [6.07, 6.45) is 1.01. The topological polar surface area (TPSA) is 38.8 Å². The van der Waals surface area contributed by atoms with Crippen molar-refractivity contribution in [3.63, 3.8) is 0 Å². The average molecular weight is 171 g/mol. The van der Waals surface area contributed by atoms with E-state index in [9.17, 15) is 4.79 Å². The first kappa shape index (κ1) is 9.22. The van der Waals surface area contributed by atoms with E-state index < -0.39 is 0 Å². The largest absolute Gasteiger partial charge is 0.354 e. The molecule has 1 unspecified atom stereocenters. The number of morpholine rings is 1. The molecule has 0 bridgehead atoms. The minimum atomic E-state index is -0.289. The van der Waals surface area contributed by atoms with Crippen LogP contribution in [0.15, 0.2) is 12.7 Å². The van der Waals surface area contributed by atoms with E-state index in [0.29, 0.717) is 19.7 Å². The van der Waals surface area contributed by atoms with Crippen LogP contribution >= 0.6 is 0 Å². The molecule has 1 aliphatic rings. The molecule has 1 aliphatic heterocycles. The van der Waals surface area contributed by atoms with Crippen molar-refractivity contribution in [3.8, 4) is 0 Å². The highest BCUT2D eigenvalue weighted by Gasteiger charge is 2.21. The van der Waals surface area contributed by atoms with Crippen molar-refractivity contribution in [2.75, 3.05) is 26.8 Å². The summed E-state index contributed by atoms with van der Waals surface area (Å²) in [5, 5.41) is 0. The molecule has 1 saturated heterocycles. The number of amides is 1. The van der Waals surface area contributed by atoms with Crippen LogP contribution in [0.3, 0.4) is 0 Å². The van der Waals surface area contributed by atoms with Gasteiger partial charge in [-0.05, 0) is 6.08 Å². The Morgan fingerprint density at radius 2 is 2.58 bits per heavy atom. The van der Waals surface area contributed by atoms with Crippen LogP contribution in [0.4, 0.5) is 0 Å². The van der Waals surface area contributed by atoms with Crippen LogP contribution in [0.25, 0.3) is 0 Å². The van der Waals surface area contributed by atoms with Gasteiger partial charge < -0.3 is 14.4 Å². The molecule has 1 amide bonds. The molecule has 1 atom stereocenters. The summed E-state index contributed by atoms with van der Waals surface area (Å²) in [5.74, 6) is -0.0691. The molecule has 1 fully saturated rings. The molecule has 12 heavy (non-hydrogen) atoms. The standard InChI is InChI=1S/C8H13NO3/c1-3-7(10)9-4-5-12-8(6-9)11-2/h3,8H,1,4-6H2,2H3. The fourth-order valence-electron chi connectivity index (χ4n) is 1.09. The third-order valence-electron chi connectivity index (χ3n) is 1.78. The lowest BCUT2D eigenvalue weighted by atomic mass is 10.4. The predicted molar refractivity (Wildman–Crippen MR) is 43.5 cm³/mol. The molecule has 4 heteroatoms. The van der Waals surface area contributed by atoms with E-state index in [1.807, 2.05) is 0 Å². The summed E-state index contributed by atoms with van der Waals surface area (Å²) in [6.45, 7) is 5.04. The van der Waals surface area contributed by atoms with Crippen molar-refractivity contribution in [2.24, 2.45) is 0 Å². The molecular formula is C8H13NO3. The first-order chi connectivity index (χ1) is 5.77. The van der Waals surface area contributed by atoms with Gasteiger partial charge in [0.25, 0.3) is 0 Å². The number of methoxy groups -OCH3 is 1. The van der Waals surface area contributed by atoms with E-state index in [1.54, 1.807) is 12.0 Å². The first-order valence-corrected chi connectivity index (χ1v) is 3.83. The number of carbonyl (C=O) groups is 1. The van der Waals surface area contributed by atoms with Crippen LogP contribution in [0.5, 0.6) is 0 Å². The Hall–Kier alpha value is -0.870. The Labute approximate surface area is 71.7 Å². The maximum atomic E-state index is 11.1. The summed E-state index contributed by atoms with van der Waals surface area (Å²) in [6, 6.07) is 0. The number of hydrogen-bond acceptors (Lipinski definition) is 3. The molecule has 0 aromatic carbocycles. The molecule has 0 spiro atoms. The molecule has 4 nitrogen and oxygen atoms in total. The van der Waals surface area contributed by atoms with E-state index >= 15 is 0 Å². The molecule has 0 radical (unpaired) electrons. The van der Waals surface area contributed by atoms with Gasteiger partial charge in [0.05, 0.1) is 13.2 Å². The summed E-state index contributed by atoms with van der Waals surface area (Å²) in [5.41, 5.74) is 0. The monoisotopic (exact) mass is 171 g/mol. The van der Waals surface area contributed by atoms with Crippen molar-refractivity contribution in [3.05, 3.63) is 12.7 Å². The van der Waals surface area contributed by atoms with E-state index in [1.165, 1.54) is 6.08 Å². The Morgan fingerprint density at radius 3 is 3.17 bits per heavy atom. The average Bonchev–Trinajstić information content (AvgIpc) is 2.17. The maximum absolute atomic E-state index is 11.1. The highest BCUT2D eigenvalue weighted by Crippen LogP contribution is 2.05. The van der Waals surface area contributed by atoms with Gasteiger partial charge in [-0.25, -0.2) is 0 Å². The summed E-state index contributed by atoms with van der Waals surface area (Å²) in [4.78, 5) is 12.8. The van der Waals surface area contributed by atoms with Crippen molar-refractivity contribution in [1.29, 1.82) is 0 Å². The highest BCUT2D eigenvalue weighted by molar-refractivity contribution is 5.87. The second-order valence-corrected chi connectivity index (χ2v) is 2.52. The predicted octanol–water partition coefficient (Wildman–Crippen LogP) is 0.00370. The van der Waals surface area contributed by atoms with Gasteiger partial charge in [-0.1, -0.05) is 6.58 Å². The maximum Gasteiger partial charge on any atom is 0.246 e. The Kier molecular flexibility index (Phi) is 3.25. The lowest BCUT2D eigenvalue weighted by Crippen LogP contribution is -2.45. The van der Waals surface area contributed by atoms with Gasteiger partial charge >= 0.3 is 0 Å². The third-order valence-corrected chi connectivity index (χ3v) is 1.78. The first-order valence-electron chi connectivity index (χ1n) is 3.83. The van der Waals surface area contributed by atoms with Gasteiger partial charge in [0, 0.05) is 13.7 Å². The molecule has 0 N–H and O–H groups in total. The fraction of sp³-hybridized carbons (Fsp3) is 0.625. The summed E-state index contributed by atoms with van der Waals surface area (Å²) in [7, 11) is 1.56. The van der Waals surface area contributed by atoms with Crippen LogP contribution in [-0.4, -0.2) is 43.9 Å². The summed E-state index contributed by atoms with van der Waals surface area (Å²) >= 11 is 0. The second kappa shape index (κ2) is 4.23. The van der Waals surface area contributed by atoms with Crippen molar-refractivity contribution in [1.82, 2.24) is 4.90 Å². The molecule has 0 aromatic heterocycles. The Balaban J connectivity index is 2.45. The Morgan fingerprint density at radius 1 is 1.83 bits per heavy atom. The quantitative estimate of drug-likeness (QED) is 0.549. The van der Waals surface area contributed by atoms with E-state index in [4.69, 9.17) is 9.47 Å². The molecule has 1 heterocycles. The zero-order chi connectivity index (χ0) is 8.97. The molecular weight excluding hydrogens is 158 g/mol. The van der Waals surface area contributed by atoms with Crippen LogP contribution in [0, 0.1) is 0 Å². The molecule has 68 valence electrons. The number of hydrogen-bond donors (Lipinski definition) is 0. The van der Waals surface area contributed by atoms with Gasteiger partial charge in [0.2, 0.25) is 5.91 Å². The van der Waals surface area contributed by atoms with Crippen molar-refractivity contribution in [2.45, 2.75) is 6.29 Å². The SMILES string of the molecule is C=CC(=O)N1CCOC(OC)C1. The highest BCUT2D eigenvalue weighted by atomic mass is 16.7. The van der Waals surface area contributed by atoms with Crippen molar-refractivity contribution < 1.29 is 14.3 Å². The fourth-order valence-corrected chi connectivity index (χ4v) is 1.09. The number of rotatable bonds is 2. The van der Waals surface area contributed by atoms with E-state index in [0.717, 1.165) is 0 Å². The van der Waals surface area contributed by atoms with Gasteiger partial charge in [0.1, 0.15) is 0 Å². The normalized spacial score (nSPS) is 23.8. The Bertz CT molecular complexity index is 181. The number of nitrogens with zero attached hydrogens (tertiary/aromatic N) is 1. The second-order valence-electron chi connectivity index (χ2n) is 2.52. The van der Waals surface area contributed by atoms with Crippen LogP contribution in [0.1, 0.15) is 0 Å². The lowest BCUT2D eigenvalue weighted by Gasteiger charge is -2.31. The molecule has 0 aromatic rings. The van der Waals surface area contributed by atoms with Crippen LogP contribution in [-0.2, 0) is 14.3 Å².